The van der Waals surface area contributed by atoms with Gasteiger partial charge in [-0.05, 0) is 61.4 Å². The van der Waals surface area contributed by atoms with Crippen LogP contribution in [0.15, 0.2) is 88.5 Å². The summed E-state index contributed by atoms with van der Waals surface area (Å²) in [7, 11) is 0. The molecule has 0 N–H and O–H groups in total. The van der Waals surface area contributed by atoms with Crippen molar-refractivity contribution in [2.24, 2.45) is 0 Å². The van der Waals surface area contributed by atoms with E-state index < -0.39 is 0 Å². The fraction of sp³-hybridized carbons (Fsp3) is 0.154. The Morgan fingerprint density at radius 2 is 1.90 bits per heavy atom. The Labute approximate surface area is 186 Å². The van der Waals surface area contributed by atoms with Crippen LogP contribution in [0.25, 0.3) is 17.2 Å². The molecule has 4 rings (SSSR count). The van der Waals surface area contributed by atoms with Gasteiger partial charge < -0.3 is 9.15 Å². The Kier molecular flexibility index (Phi) is 6.85. The van der Waals surface area contributed by atoms with Crippen LogP contribution >= 0.6 is 11.8 Å². The van der Waals surface area contributed by atoms with Gasteiger partial charge in [-0.15, -0.1) is 0 Å². The predicted octanol–water partition coefficient (Wildman–Crippen LogP) is 6.59. The quantitative estimate of drug-likeness (QED) is 0.130. The third-order valence-electron chi connectivity index (χ3n) is 4.67. The van der Waals surface area contributed by atoms with E-state index in [0.29, 0.717) is 17.4 Å². The van der Waals surface area contributed by atoms with Crippen LogP contribution in [-0.2, 0) is 0 Å². The van der Waals surface area contributed by atoms with Gasteiger partial charge in [-0.1, -0.05) is 59.8 Å². The lowest BCUT2D eigenvalue weighted by atomic mass is 10.1. The van der Waals surface area contributed by atoms with Crippen LogP contribution < -0.4 is 4.74 Å². The van der Waals surface area contributed by atoms with Crippen LogP contribution in [0.4, 0.5) is 0 Å². The molecular formula is C26H23NO3S. The number of rotatable bonds is 9. The highest BCUT2D eigenvalue weighted by atomic mass is 32.2. The first kappa shape index (κ1) is 20.9. The highest BCUT2D eigenvalue weighted by Gasteiger charge is 2.06. The fourth-order valence-electron chi connectivity index (χ4n) is 3.08. The van der Waals surface area contributed by atoms with Crippen LogP contribution in [0, 0.1) is 6.92 Å². The maximum Gasteiger partial charge on any atom is 0.256 e. The molecule has 4 aromatic rings. The topological polar surface area (TPSA) is 52.3 Å². The van der Waals surface area contributed by atoms with Crippen LogP contribution in [0.5, 0.6) is 5.75 Å². The number of oxazole rings is 1. The number of ketones is 1. The highest BCUT2D eigenvalue weighted by Crippen LogP contribution is 2.23. The first-order valence-electron chi connectivity index (χ1n) is 10.2. The summed E-state index contributed by atoms with van der Waals surface area (Å²) in [5.74, 6) is 1.58. The summed E-state index contributed by atoms with van der Waals surface area (Å²) >= 11 is 1.58. The standard InChI is InChI=1S/C26H23NO3S/c1-19-6-4-7-20(18-19)10-15-24(28)21-11-13-22(14-12-21)29-16-5-17-31-26-27-23-8-2-3-9-25(23)30-26/h2-4,6-15,18H,5,16-17H2,1H3/b15-10+. The number of carbonyl (C=O) groups is 1. The molecule has 0 saturated carbocycles. The molecular weight excluding hydrogens is 406 g/mol. The van der Waals surface area contributed by atoms with Gasteiger partial charge in [0, 0.05) is 11.3 Å². The number of fused-ring (bicyclic) bond motifs is 1. The molecule has 0 aliphatic carbocycles. The van der Waals surface area contributed by atoms with Gasteiger partial charge in [0.1, 0.15) is 11.3 Å². The number of thioether (sulfide) groups is 1. The molecule has 0 aliphatic heterocycles. The number of nitrogens with zero attached hydrogens (tertiary/aromatic N) is 1. The van der Waals surface area contributed by atoms with E-state index in [0.717, 1.165) is 34.6 Å². The van der Waals surface area contributed by atoms with Gasteiger partial charge >= 0.3 is 0 Å². The van der Waals surface area contributed by atoms with Gasteiger partial charge in [-0.2, -0.15) is 0 Å². The second kappa shape index (κ2) is 10.1. The summed E-state index contributed by atoms with van der Waals surface area (Å²) < 4.78 is 11.5. The molecule has 0 amide bonds. The van der Waals surface area contributed by atoms with E-state index in [1.807, 2.05) is 73.7 Å². The number of allylic oxidation sites excluding steroid dienone is 1. The van der Waals surface area contributed by atoms with Crippen molar-refractivity contribution < 1.29 is 13.9 Å². The van der Waals surface area contributed by atoms with Crippen LogP contribution in [-0.4, -0.2) is 23.1 Å². The lowest BCUT2D eigenvalue weighted by Gasteiger charge is -2.06. The maximum atomic E-state index is 12.4. The van der Waals surface area contributed by atoms with E-state index in [9.17, 15) is 4.79 Å². The summed E-state index contributed by atoms with van der Waals surface area (Å²) in [5, 5.41) is 0.683. The third kappa shape index (κ3) is 5.86. The maximum absolute atomic E-state index is 12.4. The summed E-state index contributed by atoms with van der Waals surface area (Å²) in [6.07, 6.45) is 4.31. The Bertz CT molecular complexity index is 1160. The normalized spacial score (nSPS) is 11.3. The lowest BCUT2D eigenvalue weighted by Crippen LogP contribution is -2.00. The van der Waals surface area contributed by atoms with Crippen molar-refractivity contribution in [3.05, 3.63) is 95.6 Å². The molecule has 1 heterocycles. The summed E-state index contributed by atoms with van der Waals surface area (Å²) in [4.78, 5) is 16.8. The Hall–Kier alpha value is -3.31. The minimum absolute atomic E-state index is 0.0252. The van der Waals surface area contributed by atoms with Crippen molar-refractivity contribution in [1.29, 1.82) is 0 Å². The molecule has 0 spiro atoms. The average molecular weight is 430 g/mol. The summed E-state index contributed by atoms with van der Waals surface area (Å²) in [5.41, 5.74) is 4.52. The SMILES string of the molecule is Cc1cccc(/C=C/C(=O)c2ccc(OCCCSc3nc4ccccc4o3)cc2)c1. The van der Waals surface area contributed by atoms with Crippen molar-refractivity contribution in [2.45, 2.75) is 18.6 Å². The number of hydrogen-bond acceptors (Lipinski definition) is 5. The second-order valence-electron chi connectivity index (χ2n) is 7.13. The van der Waals surface area contributed by atoms with E-state index >= 15 is 0 Å². The van der Waals surface area contributed by atoms with Crippen LogP contribution in [0.3, 0.4) is 0 Å². The molecule has 0 fully saturated rings. The average Bonchev–Trinajstić information content (AvgIpc) is 3.20. The molecule has 0 aliphatic rings. The second-order valence-corrected chi connectivity index (χ2v) is 8.18. The third-order valence-corrected chi connectivity index (χ3v) is 5.58. The largest absolute Gasteiger partial charge is 0.494 e. The van der Waals surface area contributed by atoms with Gasteiger partial charge in [0.25, 0.3) is 5.22 Å². The number of hydrogen-bond donors (Lipinski definition) is 0. The molecule has 0 atom stereocenters. The molecule has 156 valence electrons. The Balaban J connectivity index is 1.21. The molecule has 5 heteroatoms. The first-order valence-corrected chi connectivity index (χ1v) is 11.2. The molecule has 31 heavy (non-hydrogen) atoms. The van der Waals surface area contributed by atoms with Crippen LogP contribution in [0.1, 0.15) is 27.9 Å². The van der Waals surface area contributed by atoms with Crippen molar-refractivity contribution in [2.75, 3.05) is 12.4 Å². The number of para-hydroxylation sites is 2. The van der Waals surface area contributed by atoms with Gasteiger partial charge in [0.15, 0.2) is 11.4 Å². The van der Waals surface area contributed by atoms with Crippen molar-refractivity contribution in [3.63, 3.8) is 0 Å². The molecule has 4 nitrogen and oxygen atoms in total. The Morgan fingerprint density at radius 3 is 2.71 bits per heavy atom. The van der Waals surface area contributed by atoms with E-state index in [1.165, 1.54) is 5.56 Å². The molecule has 3 aromatic carbocycles. The van der Waals surface area contributed by atoms with Crippen LogP contribution in [0.2, 0.25) is 0 Å². The minimum Gasteiger partial charge on any atom is -0.494 e. The molecule has 0 saturated heterocycles. The summed E-state index contributed by atoms with van der Waals surface area (Å²) in [6, 6.07) is 23.1. The number of ether oxygens (including phenoxy) is 1. The smallest absolute Gasteiger partial charge is 0.256 e. The van der Waals surface area contributed by atoms with Crippen molar-refractivity contribution in [1.82, 2.24) is 4.98 Å². The monoisotopic (exact) mass is 429 g/mol. The van der Waals surface area contributed by atoms with Gasteiger partial charge in [0.2, 0.25) is 0 Å². The molecule has 0 bridgehead atoms. The van der Waals surface area contributed by atoms with Gasteiger partial charge in [0.05, 0.1) is 6.61 Å². The van der Waals surface area contributed by atoms with Crippen molar-refractivity contribution in [3.8, 4) is 5.75 Å². The fourth-order valence-corrected chi connectivity index (χ4v) is 3.83. The number of benzene rings is 3. The van der Waals surface area contributed by atoms with E-state index in [4.69, 9.17) is 9.15 Å². The zero-order chi connectivity index (χ0) is 21.5. The predicted molar refractivity (Wildman–Crippen MR) is 126 cm³/mol. The Morgan fingerprint density at radius 1 is 1.06 bits per heavy atom. The first-order chi connectivity index (χ1) is 15.2. The van der Waals surface area contributed by atoms with E-state index in [-0.39, 0.29) is 5.78 Å². The van der Waals surface area contributed by atoms with Gasteiger partial charge in [-0.25, -0.2) is 4.98 Å². The molecule has 0 radical (unpaired) electrons. The zero-order valence-electron chi connectivity index (χ0n) is 17.3. The van der Waals surface area contributed by atoms with E-state index in [2.05, 4.69) is 4.98 Å². The highest BCUT2D eigenvalue weighted by molar-refractivity contribution is 7.99. The number of carbonyl (C=O) groups excluding carboxylic acids is 1. The number of aromatic nitrogens is 1. The van der Waals surface area contributed by atoms with E-state index in [1.54, 1.807) is 30.0 Å². The number of aryl methyl sites for hydroxylation is 1. The van der Waals surface area contributed by atoms with Crippen molar-refractivity contribution >= 4 is 34.7 Å². The summed E-state index contributed by atoms with van der Waals surface area (Å²) in [6.45, 7) is 2.63. The zero-order valence-corrected chi connectivity index (χ0v) is 18.1. The van der Waals surface area contributed by atoms with Gasteiger partial charge in [-0.3, -0.25) is 4.79 Å². The lowest BCUT2D eigenvalue weighted by molar-refractivity contribution is 0.104. The molecule has 0 unspecified atom stereocenters. The minimum atomic E-state index is -0.0252. The molecule has 1 aromatic heterocycles.